The summed E-state index contributed by atoms with van der Waals surface area (Å²) in [6, 6.07) is 34.0. The lowest BCUT2D eigenvalue weighted by Crippen LogP contribution is -2.44. The highest BCUT2D eigenvalue weighted by atomic mass is 35.5. The van der Waals surface area contributed by atoms with E-state index in [0.29, 0.717) is 10.3 Å². The molecule has 8 rings (SSSR count). The van der Waals surface area contributed by atoms with Crippen molar-refractivity contribution in [3.8, 4) is 0 Å². The van der Waals surface area contributed by atoms with Crippen LogP contribution in [-0.4, -0.2) is 96.5 Å². The number of halogens is 1. The van der Waals surface area contributed by atoms with Gasteiger partial charge in [0.05, 0.1) is 0 Å². The number of piperazine rings is 1. The van der Waals surface area contributed by atoms with E-state index in [1.54, 1.807) is 0 Å². The molecule has 0 amide bonds. The minimum Gasteiger partial charge on any atom is -0.369 e. The van der Waals surface area contributed by atoms with E-state index in [9.17, 15) is 0 Å². The molecule has 502 valence electrons. The van der Waals surface area contributed by atoms with Crippen molar-refractivity contribution in [2.45, 2.75) is 274 Å². The number of nitrogens with one attached hydrogen (secondary N) is 6. The Bertz CT molecular complexity index is 2330. The average molecular weight is 1250 g/mol. The molecule has 4 aromatic rings. The van der Waals surface area contributed by atoms with E-state index in [2.05, 4.69) is 272 Å². The van der Waals surface area contributed by atoms with E-state index in [-0.39, 0.29) is 22.2 Å². The summed E-state index contributed by atoms with van der Waals surface area (Å²) >= 11 is 8.01. The van der Waals surface area contributed by atoms with E-state index in [4.69, 9.17) is 11.6 Å². The second-order valence-electron chi connectivity index (χ2n) is 32.0. The van der Waals surface area contributed by atoms with Crippen LogP contribution in [0.25, 0.3) is 0 Å². The van der Waals surface area contributed by atoms with Crippen molar-refractivity contribution >= 4 is 29.1 Å². The zero-order valence-electron chi connectivity index (χ0n) is 60.9. The summed E-state index contributed by atoms with van der Waals surface area (Å²) in [6.45, 7) is 54.9. The third-order valence-electron chi connectivity index (χ3n) is 15.6. The molecule has 1 heterocycles. The first-order valence-corrected chi connectivity index (χ1v) is 35.7. The first-order valence-electron chi connectivity index (χ1n) is 34.4. The zero-order valence-corrected chi connectivity index (χ0v) is 62.5. The Morgan fingerprint density at radius 3 is 1.32 bits per heavy atom. The molecule has 3 aliphatic carbocycles. The highest BCUT2D eigenvalue weighted by Gasteiger charge is 2.21. The molecular formula is C78H137ClN8S. The lowest BCUT2D eigenvalue weighted by molar-refractivity contribution is 0.304. The Morgan fingerprint density at radius 1 is 0.443 bits per heavy atom. The van der Waals surface area contributed by atoms with Gasteiger partial charge in [-0.3, -0.25) is 0 Å². The highest BCUT2D eigenvalue weighted by Crippen LogP contribution is 2.32. The van der Waals surface area contributed by atoms with Gasteiger partial charge in [0.15, 0.2) is 0 Å². The monoisotopic (exact) mass is 1250 g/mol. The van der Waals surface area contributed by atoms with Gasteiger partial charge in [0.25, 0.3) is 0 Å². The van der Waals surface area contributed by atoms with Crippen LogP contribution in [0.2, 0.25) is 5.02 Å². The van der Waals surface area contributed by atoms with Gasteiger partial charge in [0.2, 0.25) is 0 Å². The fraction of sp³-hybridized carbons (Fsp3) is 0.692. The maximum Gasteiger partial charge on any atom is 0.0409 e. The molecule has 1 aliphatic heterocycles. The third kappa shape index (κ3) is 46.2. The number of anilines is 1. The lowest BCUT2D eigenvalue weighted by atomic mass is 9.89. The normalized spacial score (nSPS) is 16.3. The summed E-state index contributed by atoms with van der Waals surface area (Å²) in [7, 11) is 4.21. The van der Waals surface area contributed by atoms with Gasteiger partial charge in [-0.2, -0.15) is 11.8 Å². The Morgan fingerprint density at radius 2 is 0.886 bits per heavy atom. The number of benzene rings is 4. The lowest BCUT2D eigenvalue weighted by Gasteiger charge is -2.34. The second kappa shape index (κ2) is 41.6. The van der Waals surface area contributed by atoms with Crippen LogP contribution in [0.15, 0.2) is 97.1 Å². The number of hydrogen-bond acceptors (Lipinski definition) is 9. The van der Waals surface area contributed by atoms with E-state index in [0.717, 1.165) is 75.1 Å². The standard InChI is InChI=1S/C16H27N3.C13H21N.C11H16ClN.C11H23N.C11H17N.C11H22S.C5H11N/c1-16(2,3)17-13-14-5-7-15(8-6-14)19-11-9-18(4)10-12-19;1-10-6-7-12(11(2)8-10)9-14-13(3,4)5;1-11(2,3)13-8-9-5-4-6-10(12)7-9;3*1-11(2,3)12-9-10-7-5-4-6-8-10;1-6-4-5-2-3-5/h5-8,17H,9-13H2,1-4H3;6-8,14H,9H2,1-5H3;4-7,13H,8H2,1-3H3;10,12H,4-9H2,1-3H3;4-8,12H,9H2,1-3H3;10H,4-9H2,1-3H3;5-6H,2-4H2,1H3. The first-order chi connectivity index (χ1) is 41.0. The number of hydrogen-bond donors (Lipinski definition) is 6. The quantitative estimate of drug-likeness (QED) is 0.0698. The molecule has 0 unspecified atom stereocenters. The minimum absolute atomic E-state index is 0.155. The largest absolute Gasteiger partial charge is 0.369 e. The van der Waals surface area contributed by atoms with Gasteiger partial charge in [0, 0.05) is 95.5 Å². The maximum absolute atomic E-state index is 5.87. The molecule has 0 bridgehead atoms. The number of nitrogens with zero attached hydrogens (tertiary/aromatic N) is 2. The van der Waals surface area contributed by atoms with Crippen LogP contribution in [0.4, 0.5) is 5.69 Å². The minimum atomic E-state index is 0.155. The van der Waals surface area contributed by atoms with Gasteiger partial charge in [0.1, 0.15) is 0 Å². The Kier molecular flexibility index (Phi) is 38.3. The molecule has 4 aliphatic rings. The summed E-state index contributed by atoms with van der Waals surface area (Å²) in [5, 5.41) is 21.4. The van der Waals surface area contributed by atoms with Gasteiger partial charge in [-0.15, -0.1) is 0 Å². The van der Waals surface area contributed by atoms with E-state index in [1.165, 1.54) is 135 Å². The predicted molar refractivity (Wildman–Crippen MR) is 396 cm³/mol. The summed E-state index contributed by atoms with van der Waals surface area (Å²) in [5.41, 5.74) is 10.4. The van der Waals surface area contributed by atoms with Crippen LogP contribution < -0.4 is 36.8 Å². The number of likely N-dealkylation sites (N-methyl/N-ethyl adjacent to an activating group) is 1. The summed E-state index contributed by atoms with van der Waals surface area (Å²) in [6.07, 6.45) is 17.6. The SMILES string of the molecule is CC(C)(C)NCC1CCCCC1.CC(C)(C)NCc1cccc(Cl)c1.CC(C)(C)NCc1ccccc1.CC(C)(C)SCC1CCCCC1.CN1CCN(c2ccc(CNC(C)(C)C)cc2)CC1.CNCC1CC1.Cc1ccc(CNC(C)(C)C)c(C)c1. The molecule has 0 atom stereocenters. The van der Waals surface area contributed by atoms with E-state index >= 15 is 0 Å². The van der Waals surface area contributed by atoms with Gasteiger partial charge < -0.3 is 41.7 Å². The molecule has 0 radical (unpaired) electrons. The number of thioether (sulfide) groups is 1. The topological polar surface area (TPSA) is 78.7 Å². The molecule has 4 aromatic carbocycles. The van der Waals surface area contributed by atoms with Crippen LogP contribution in [0.3, 0.4) is 0 Å². The zero-order chi connectivity index (χ0) is 66.0. The van der Waals surface area contributed by atoms with Crippen LogP contribution in [0.1, 0.15) is 235 Å². The van der Waals surface area contributed by atoms with Crippen molar-refractivity contribution in [3.63, 3.8) is 0 Å². The van der Waals surface area contributed by atoms with Crippen molar-refractivity contribution in [2.24, 2.45) is 17.8 Å². The van der Waals surface area contributed by atoms with Crippen LogP contribution >= 0.6 is 23.4 Å². The maximum atomic E-state index is 5.87. The molecule has 3 saturated carbocycles. The van der Waals surface area contributed by atoms with Crippen molar-refractivity contribution in [1.82, 2.24) is 36.8 Å². The first kappa shape index (κ1) is 81.1. The highest BCUT2D eigenvalue weighted by molar-refractivity contribution is 8.00. The van der Waals surface area contributed by atoms with Crippen molar-refractivity contribution in [3.05, 3.63) is 135 Å². The second-order valence-corrected chi connectivity index (χ2v) is 34.3. The van der Waals surface area contributed by atoms with E-state index < -0.39 is 0 Å². The smallest absolute Gasteiger partial charge is 0.0409 e. The summed E-state index contributed by atoms with van der Waals surface area (Å²) in [4.78, 5) is 4.86. The molecule has 4 fully saturated rings. The van der Waals surface area contributed by atoms with Gasteiger partial charge in [-0.25, -0.2) is 0 Å². The Balaban J connectivity index is 0.000000356. The summed E-state index contributed by atoms with van der Waals surface area (Å²) < 4.78 is 0.470. The molecular weight excluding hydrogens is 1120 g/mol. The Hall–Kier alpha value is -2.96. The molecule has 0 spiro atoms. The number of rotatable bonds is 15. The predicted octanol–water partition coefficient (Wildman–Crippen LogP) is 19.0. The van der Waals surface area contributed by atoms with Crippen LogP contribution in [0.5, 0.6) is 0 Å². The molecule has 10 heteroatoms. The van der Waals surface area contributed by atoms with Crippen molar-refractivity contribution < 1.29 is 0 Å². The van der Waals surface area contributed by atoms with Gasteiger partial charge in [-0.1, -0.05) is 149 Å². The van der Waals surface area contributed by atoms with Gasteiger partial charge in [-0.05, 0) is 259 Å². The summed E-state index contributed by atoms with van der Waals surface area (Å²) in [5.74, 6) is 4.42. The fourth-order valence-corrected chi connectivity index (χ4v) is 11.1. The average Bonchev–Trinajstić information content (AvgIpc) is 3.00. The van der Waals surface area contributed by atoms with Crippen molar-refractivity contribution in [1.29, 1.82) is 0 Å². The Labute approximate surface area is 554 Å². The van der Waals surface area contributed by atoms with Crippen LogP contribution in [-0.2, 0) is 26.2 Å². The molecule has 88 heavy (non-hydrogen) atoms. The third-order valence-corrected chi connectivity index (χ3v) is 17.4. The fourth-order valence-electron chi connectivity index (χ4n) is 9.81. The van der Waals surface area contributed by atoms with Gasteiger partial charge >= 0.3 is 0 Å². The molecule has 0 aromatic heterocycles. The molecule has 1 saturated heterocycles. The molecule has 6 N–H and O–H groups in total. The van der Waals surface area contributed by atoms with E-state index in [1.807, 2.05) is 31.3 Å². The number of aryl methyl sites for hydroxylation is 2. The van der Waals surface area contributed by atoms with Crippen molar-refractivity contribution in [2.75, 3.05) is 64.0 Å². The van der Waals surface area contributed by atoms with Crippen LogP contribution in [0, 0.1) is 31.6 Å². The molecule has 8 nitrogen and oxygen atoms in total.